The second-order valence-corrected chi connectivity index (χ2v) is 10.6. The molecule has 9 heteroatoms. The number of ketones is 1. The van der Waals surface area contributed by atoms with E-state index in [4.69, 9.17) is 11.5 Å². The van der Waals surface area contributed by atoms with Crippen molar-refractivity contribution in [1.82, 2.24) is 16.0 Å². The predicted molar refractivity (Wildman–Crippen MR) is 140 cm³/mol. The molecule has 0 fully saturated rings. The van der Waals surface area contributed by atoms with Gasteiger partial charge in [0, 0.05) is 36.1 Å². The van der Waals surface area contributed by atoms with Gasteiger partial charge in [0.05, 0.1) is 6.67 Å². The van der Waals surface area contributed by atoms with E-state index in [9.17, 15) is 19.2 Å². The topological polar surface area (TPSA) is 156 Å². The van der Waals surface area contributed by atoms with Crippen LogP contribution in [0.1, 0.15) is 86.5 Å². The lowest BCUT2D eigenvalue weighted by molar-refractivity contribution is -0.130. The molecule has 0 spiro atoms. The Morgan fingerprint density at radius 1 is 0.771 bits per heavy atom. The van der Waals surface area contributed by atoms with Crippen LogP contribution in [0.2, 0.25) is 0 Å². The lowest BCUT2D eigenvalue weighted by Gasteiger charge is -2.25. The van der Waals surface area contributed by atoms with E-state index in [0.29, 0.717) is 45.3 Å². The molecule has 3 amide bonds. The summed E-state index contributed by atoms with van der Waals surface area (Å²) in [4.78, 5) is 49.5. The minimum atomic E-state index is -0.470. The van der Waals surface area contributed by atoms with Gasteiger partial charge in [-0.25, -0.2) is 0 Å². The molecule has 0 aromatic carbocycles. The molecule has 4 atom stereocenters. The van der Waals surface area contributed by atoms with Gasteiger partial charge in [-0.1, -0.05) is 41.5 Å². The van der Waals surface area contributed by atoms with Crippen molar-refractivity contribution in [3.63, 3.8) is 0 Å². The Morgan fingerprint density at radius 3 is 1.91 bits per heavy atom. The highest BCUT2D eigenvalue weighted by Crippen LogP contribution is 2.28. The Labute approximate surface area is 212 Å². The summed E-state index contributed by atoms with van der Waals surface area (Å²) in [7, 11) is 0. The van der Waals surface area contributed by atoms with Crippen LogP contribution in [0.5, 0.6) is 0 Å². The normalized spacial score (nSPS) is 15.0. The molecule has 7 N–H and O–H groups in total. The Bertz CT molecular complexity index is 668. The largest absolute Gasteiger partial charge is 0.356 e. The molecule has 0 aliphatic rings. The molecule has 0 aromatic heterocycles. The van der Waals surface area contributed by atoms with Crippen LogP contribution in [0.25, 0.3) is 0 Å². The van der Waals surface area contributed by atoms with Crippen LogP contribution in [0.3, 0.4) is 0 Å². The molecule has 0 radical (unpaired) electrons. The predicted octanol–water partition coefficient (Wildman–Crippen LogP) is 2.08. The third kappa shape index (κ3) is 13.6. The van der Waals surface area contributed by atoms with Crippen LogP contribution in [0, 0.1) is 29.1 Å². The number of hydrogen-bond acceptors (Lipinski definition) is 6. The fourth-order valence-electron chi connectivity index (χ4n) is 3.78. The zero-order valence-electron chi connectivity index (χ0n) is 22.9. The first-order valence-electron chi connectivity index (χ1n) is 13.1. The molecule has 0 aliphatic carbocycles. The minimum absolute atomic E-state index is 0.0275. The number of amides is 3. The van der Waals surface area contributed by atoms with E-state index >= 15 is 0 Å². The molecule has 9 nitrogen and oxygen atoms in total. The number of unbranched alkanes of at least 4 members (excludes halogenated alkanes) is 1. The molecule has 0 bridgehead atoms. The maximum Gasteiger partial charge on any atom is 0.224 e. The van der Waals surface area contributed by atoms with Crippen molar-refractivity contribution < 1.29 is 19.2 Å². The molecule has 0 aliphatic heterocycles. The van der Waals surface area contributed by atoms with Gasteiger partial charge in [-0.05, 0) is 57.5 Å². The Morgan fingerprint density at radius 2 is 1.34 bits per heavy atom. The lowest BCUT2D eigenvalue weighted by atomic mass is 9.79. The minimum Gasteiger partial charge on any atom is -0.356 e. The van der Waals surface area contributed by atoms with Gasteiger partial charge in [-0.3, -0.25) is 19.2 Å². The number of nitrogens with one attached hydrogen (secondary N) is 3. The summed E-state index contributed by atoms with van der Waals surface area (Å²) in [5, 5.41) is 8.38. The van der Waals surface area contributed by atoms with Gasteiger partial charge in [-0.15, -0.1) is 0 Å². The summed E-state index contributed by atoms with van der Waals surface area (Å²) >= 11 is 0. The first kappa shape index (κ1) is 33.0. The number of rotatable bonds is 19. The van der Waals surface area contributed by atoms with Gasteiger partial charge in [0.15, 0.2) is 0 Å². The van der Waals surface area contributed by atoms with Crippen LogP contribution in [-0.2, 0) is 19.2 Å². The summed E-state index contributed by atoms with van der Waals surface area (Å²) in [6.07, 6.45) is 4.68. The first-order chi connectivity index (χ1) is 16.4. The van der Waals surface area contributed by atoms with Gasteiger partial charge in [-0.2, -0.15) is 0 Å². The molecule has 4 unspecified atom stereocenters. The highest BCUT2D eigenvalue weighted by Gasteiger charge is 2.28. The average Bonchev–Trinajstić information content (AvgIpc) is 2.81. The van der Waals surface area contributed by atoms with E-state index in [2.05, 4.69) is 16.0 Å². The summed E-state index contributed by atoms with van der Waals surface area (Å²) in [6, 6.07) is 0. The second-order valence-electron chi connectivity index (χ2n) is 10.6. The van der Waals surface area contributed by atoms with Crippen LogP contribution in [0.15, 0.2) is 0 Å². The third-order valence-corrected chi connectivity index (χ3v) is 6.91. The van der Waals surface area contributed by atoms with Crippen molar-refractivity contribution in [2.24, 2.45) is 40.6 Å². The summed E-state index contributed by atoms with van der Waals surface area (Å²) in [6.45, 7) is 13.1. The van der Waals surface area contributed by atoms with Crippen LogP contribution >= 0.6 is 0 Å². The Kier molecular flexibility index (Phi) is 16.4. The standard InChI is InChI=1S/C26H51N5O4/c1-18(11-12-26(5,6)22(32)10-7-8-13-27)23(33)30-17-31-24(34)20(3)16-19(2)21(4)25(35)29-15-9-14-28/h18-21H,7-17,27-28H2,1-6H3,(H,29,35)(H,30,33)(H,31,34). The van der Waals surface area contributed by atoms with Gasteiger partial charge in [0.1, 0.15) is 5.78 Å². The maximum absolute atomic E-state index is 12.5. The quantitative estimate of drug-likeness (QED) is 0.136. The van der Waals surface area contributed by atoms with E-state index in [1.807, 2.05) is 41.5 Å². The molecule has 0 saturated heterocycles. The van der Waals surface area contributed by atoms with Gasteiger partial charge >= 0.3 is 0 Å². The number of hydrogen-bond donors (Lipinski definition) is 5. The van der Waals surface area contributed by atoms with E-state index in [-0.39, 0.29) is 53.8 Å². The van der Waals surface area contributed by atoms with E-state index in [1.54, 1.807) is 0 Å². The highest BCUT2D eigenvalue weighted by atomic mass is 16.2. The van der Waals surface area contributed by atoms with Crippen molar-refractivity contribution in [3.8, 4) is 0 Å². The monoisotopic (exact) mass is 497 g/mol. The lowest BCUT2D eigenvalue weighted by Crippen LogP contribution is -2.42. The molecular weight excluding hydrogens is 446 g/mol. The van der Waals surface area contributed by atoms with Crippen molar-refractivity contribution in [3.05, 3.63) is 0 Å². The molecule has 0 saturated carbocycles. The maximum atomic E-state index is 12.5. The highest BCUT2D eigenvalue weighted by molar-refractivity contribution is 5.84. The van der Waals surface area contributed by atoms with E-state index < -0.39 is 5.41 Å². The molecular formula is C26H51N5O4. The molecule has 0 heterocycles. The number of carbonyl (C=O) groups excluding carboxylic acids is 4. The molecule has 35 heavy (non-hydrogen) atoms. The van der Waals surface area contributed by atoms with Crippen molar-refractivity contribution in [2.75, 3.05) is 26.3 Å². The Hall–Kier alpha value is -2.00. The molecule has 0 aromatic rings. The smallest absolute Gasteiger partial charge is 0.224 e. The van der Waals surface area contributed by atoms with E-state index in [0.717, 1.165) is 19.3 Å². The zero-order valence-corrected chi connectivity index (χ0v) is 22.9. The summed E-state index contributed by atoms with van der Waals surface area (Å²) in [5.41, 5.74) is 10.5. The summed E-state index contributed by atoms with van der Waals surface area (Å²) in [5.74, 6) is -0.865. The SMILES string of the molecule is CC(CCC(C)(C)C(=O)CCCCN)C(=O)NCNC(=O)C(C)CC(C)C(C)C(=O)NCCCN. The van der Waals surface area contributed by atoms with Gasteiger partial charge in [0.2, 0.25) is 17.7 Å². The fourth-order valence-corrected chi connectivity index (χ4v) is 3.78. The van der Waals surface area contributed by atoms with Crippen LogP contribution < -0.4 is 27.4 Å². The number of nitrogens with two attached hydrogens (primary N) is 2. The van der Waals surface area contributed by atoms with Gasteiger partial charge in [0.25, 0.3) is 0 Å². The van der Waals surface area contributed by atoms with Crippen LogP contribution in [-0.4, -0.2) is 49.8 Å². The Balaban J connectivity index is 4.35. The average molecular weight is 498 g/mol. The summed E-state index contributed by atoms with van der Waals surface area (Å²) < 4.78 is 0. The van der Waals surface area contributed by atoms with Gasteiger partial charge < -0.3 is 27.4 Å². The third-order valence-electron chi connectivity index (χ3n) is 6.91. The fraction of sp³-hybridized carbons (Fsp3) is 0.846. The second kappa shape index (κ2) is 17.4. The molecule has 0 rings (SSSR count). The van der Waals surface area contributed by atoms with Crippen molar-refractivity contribution in [1.29, 1.82) is 0 Å². The number of carbonyl (C=O) groups is 4. The van der Waals surface area contributed by atoms with Crippen LogP contribution in [0.4, 0.5) is 0 Å². The van der Waals surface area contributed by atoms with Crippen molar-refractivity contribution >= 4 is 23.5 Å². The van der Waals surface area contributed by atoms with E-state index in [1.165, 1.54) is 0 Å². The number of Topliss-reactive ketones (excluding diaryl/α,β-unsaturated/α-hetero) is 1. The molecule has 204 valence electrons. The zero-order chi connectivity index (χ0) is 27.0. The van der Waals surface area contributed by atoms with Crippen molar-refractivity contribution in [2.45, 2.75) is 86.5 Å². The first-order valence-corrected chi connectivity index (χ1v) is 13.1.